The minimum atomic E-state index is 0.849. The zero-order valence-electron chi connectivity index (χ0n) is 13.2. The molecule has 0 saturated heterocycles. The lowest BCUT2D eigenvalue weighted by molar-refractivity contribution is 0.415. The summed E-state index contributed by atoms with van der Waals surface area (Å²) >= 11 is 0. The molecule has 0 bridgehead atoms. The van der Waals surface area contributed by atoms with E-state index in [9.17, 15) is 0 Å². The Morgan fingerprint density at radius 1 is 1.14 bits per heavy atom. The molecule has 1 aromatic carbocycles. The monoisotopic (exact) mass is 338 g/mol. The first-order valence-corrected chi connectivity index (χ1v) is 9.61. The lowest BCUT2D eigenvalue weighted by atomic mass is 10.2. The summed E-state index contributed by atoms with van der Waals surface area (Å²) in [6, 6.07) is 7.87. The van der Waals surface area contributed by atoms with Crippen molar-refractivity contribution in [3.05, 3.63) is 30.5 Å². The molecule has 0 fully saturated rings. The molecule has 0 aliphatic carbocycles. The SMILES string of the molecule is COc1ccc(-c2cn(CCSSCCN(C)C)nn2)cc1. The molecule has 2 rings (SSSR count). The van der Waals surface area contributed by atoms with E-state index in [0.29, 0.717) is 0 Å². The van der Waals surface area contributed by atoms with Crippen molar-refractivity contribution < 1.29 is 4.74 Å². The summed E-state index contributed by atoms with van der Waals surface area (Å²) in [6.07, 6.45) is 1.99. The molecule has 1 heterocycles. The van der Waals surface area contributed by atoms with Crippen molar-refractivity contribution in [1.82, 2.24) is 19.9 Å². The number of rotatable bonds is 9. The lowest BCUT2D eigenvalue weighted by Gasteiger charge is -2.07. The second kappa shape index (κ2) is 9.07. The molecule has 0 atom stereocenters. The Kier molecular flexibility index (Phi) is 7.08. The number of benzene rings is 1. The third-order valence-electron chi connectivity index (χ3n) is 3.03. The molecular weight excluding hydrogens is 316 g/mol. The van der Waals surface area contributed by atoms with E-state index in [1.165, 1.54) is 0 Å². The van der Waals surface area contributed by atoms with Crippen LogP contribution in [-0.2, 0) is 6.54 Å². The first kappa shape index (κ1) is 17.2. The van der Waals surface area contributed by atoms with Crippen LogP contribution in [0.4, 0.5) is 0 Å². The molecule has 1 aromatic heterocycles. The first-order valence-electron chi connectivity index (χ1n) is 7.13. The van der Waals surface area contributed by atoms with Gasteiger partial charge in [-0.1, -0.05) is 26.8 Å². The molecule has 22 heavy (non-hydrogen) atoms. The van der Waals surface area contributed by atoms with Gasteiger partial charge in [-0.2, -0.15) is 0 Å². The number of nitrogens with zero attached hydrogens (tertiary/aromatic N) is 4. The zero-order chi connectivity index (χ0) is 15.8. The van der Waals surface area contributed by atoms with Gasteiger partial charge in [0.05, 0.1) is 19.9 Å². The van der Waals surface area contributed by atoms with Gasteiger partial charge in [0.1, 0.15) is 11.4 Å². The summed E-state index contributed by atoms with van der Waals surface area (Å²) in [7, 11) is 9.66. The third kappa shape index (κ3) is 5.55. The molecule has 7 heteroatoms. The number of ether oxygens (including phenoxy) is 1. The predicted molar refractivity (Wildman–Crippen MR) is 95.5 cm³/mol. The number of aromatic nitrogens is 3. The van der Waals surface area contributed by atoms with Crippen LogP contribution in [0.5, 0.6) is 5.75 Å². The van der Waals surface area contributed by atoms with E-state index >= 15 is 0 Å². The Labute approximate surface area is 139 Å². The van der Waals surface area contributed by atoms with E-state index in [1.807, 2.05) is 56.7 Å². The number of hydrogen-bond acceptors (Lipinski definition) is 6. The van der Waals surface area contributed by atoms with Gasteiger partial charge >= 0.3 is 0 Å². The highest BCUT2D eigenvalue weighted by molar-refractivity contribution is 8.76. The van der Waals surface area contributed by atoms with E-state index in [4.69, 9.17) is 4.74 Å². The molecule has 120 valence electrons. The van der Waals surface area contributed by atoms with Crippen molar-refractivity contribution in [2.45, 2.75) is 6.54 Å². The number of aryl methyl sites for hydroxylation is 1. The molecule has 0 N–H and O–H groups in total. The Hall–Kier alpha value is -1.18. The van der Waals surface area contributed by atoms with Crippen molar-refractivity contribution in [2.24, 2.45) is 0 Å². The molecule has 0 saturated carbocycles. The Morgan fingerprint density at radius 3 is 2.55 bits per heavy atom. The van der Waals surface area contributed by atoms with E-state index in [1.54, 1.807) is 7.11 Å². The molecule has 5 nitrogen and oxygen atoms in total. The normalized spacial score (nSPS) is 11.1. The first-order chi connectivity index (χ1) is 10.7. The van der Waals surface area contributed by atoms with Gasteiger partial charge in [0.2, 0.25) is 0 Å². The molecule has 0 aliphatic heterocycles. The maximum Gasteiger partial charge on any atom is 0.118 e. The highest BCUT2D eigenvalue weighted by Crippen LogP contribution is 2.22. The Morgan fingerprint density at radius 2 is 1.86 bits per heavy atom. The van der Waals surface area contributed by atoms with Crippen LogP contribution >= 0.6 is 21.6 Å². The largest absolute Gasteiger partial charge is 0.497 e. The Balaban J connectivity index is 1.76. The quantitative estimate of drug-likeness (QED) is 0.517. The van der Waals surface area contributed by atoms with Crippen LogP contribution in [0, 0.1) is 0 Å². The van der Waals surface area contributed by atoms with Gasteiger partial charge < -0.3 is 9.64 Å². The van der Waals surface area contributed by atoms with Crippen LogP contribution in [0.25, 0.3) is 11.3 Å². The van der Waals surface area contributed by atoms with Crippen molar-refractivity contribution in [1.29, 1.82) is 0 Å². The summed E-state index contributed by atoms with van der Waals surface area (Å²) < 4.78 is 7.06. The summed E-state index contributed by atoms with van der Waals surface area (Å²) in [4.78, 5) is 2.20. The average molecular weight is 339 g/mol. The van der Waals surface area contributed by atoms with E-state index < -0.39 is 0 Å². The number of methoxy groups -OCH3 is 1. The summed E-state index contributed by atoms with van der Waals surface area (Å²) in [6.45, 7) is 1.99. The average Bonchev–Trinajstić information content (AvgIpc) is 2.99. The smallest absolute Gasteiger partial charge is 0.118 e. The van der Waals surface area contributed by atoms with Gasteiger partial charge in [-0.3, -0.25) is 4.68 Å². The van der Waals surface area contributed by atoms with Gasteiger partial charge in [-0.05, 0) is 38.4 Å². The fraction of sp³-hybridized carbons (Fsp3) is 0.467. The van der Waals surface area contributed by atoms with Gasteiger partial charge in [0.25, 0.3) is 0 Å². The Bertz CT molecular complexity index is 557. The van der Waals surface area contributed by atoms with Gasteiger partial charge in [-0.25, -0.2) is 0 Å². The minimum absolute atomic E-state index is 0.849. The predicted octanol–water partition coefficient (Wildman–Crippen LogP) is 2.90. The minimum Gasteiger partial charge on any atom is -0.497 e. The van der Waals surface area contributed by atoms with Crippen LogP contribution in [0.3, 0.4) is 0 Å². The van der Waals surface area contributed by atoms with Crippen molar-refractivity contribution in [3.8, 4) is 17.0 Å². The molecule has 0 unspecified atom stereocenters. The maximum absolute atomic E-state index is 5.16. The lowest BCUT2D eigenvalue weighted by Crippen LogP contribution is -2.14. The van der Waals surface area contributed by atoms with Crippen molar-refractivity contribution >= 4 is 21.6 Å². The molecule has 2 aromatic rings. The highest BCUT2D eigenvalue weighted by Gasteiger charge is 2.04. The molecule has 0 aliphatic rings. The molecule has 0 amide bonds. The van der Waals surface area contributed by atoms with Crippen molar-refractivity contribution in [3.63, 3.8) is 0 Å². The van der Waals surface area contributed by atoms with Crippen molar-refractivity contribution in [2.75, 3.05) is 39.3 Å². The highest BCUT2D eigenvalue weighted by atomic mass is 33.1. The zero-order valence-corrected chi connectivity index (χ0v) is 14.9. The second-order valence-electron chi connectivity index (χ2n) is 5.04. The van der Waals surface area contributed by atoms with Crippen LogP contribution in [0.2, 0.25) is 0 Å². The fourth-order valence-electron chi connectivity index (χ4n) is 1.77. The van der Waals surface area contributed by atoms with E-state index in [0.717, 1.165) is 41.6 Å². The summed E-state index contributed by atoms with van der Waals surface area (Å²) in [5.41, 5.74) is 1.95. The van der Waals surface area contributed by atoms with Gasteiger partial charge in [0.15, 0.2) is 0 Å². The summed E-state index contributed by atoms with van der Waals surface area (Å²) in [5.74, 6) is 3.03. The standard InChI is InChI=1S/C15H22N4OS2/c1-18(2)8-10-21-22-11-9-19-12-15(16-17-19)13-4-6-14(20-3)7-5-13/h4-7,12H,8-11H2,1-3H3. The topological polar surface area (TPSA) is 43.2 Å². The van der Waals surface area contributed by atoms with Crippen LogP contribution < -0.4 is 4.74 Å². The van der Waals surface area contributed by atoms with Gasteiger partial charge in [-0.15, -0.1) is 5.10 Å². The second-order valence-corrected chi connectivity index (χ2v) is 7.74. The third-order valence-corrected chi connectivity index (χ3v) is 5.40. The van der Waals surface area contributed by atoms with E-state index in [2.05, 4.69) is 29.3 Å². The van der Waals surface area contributed by atoms with Crippen LogP contribution in [0.1, 0.15) is 0 Å². The molecule has 0 spiro atoms. The molecule has 0 radical (unpaired) electrons. The number of hydrogen-bond donors (Lipinski definition) is 0. The van der Waals surface area contributed by atoms with Crippen LogP contribution in [0.15, 0.2) is 30.5 Å². The van der Waals surface area contributed by atoms with E-state index in [-0.39, 0.29) is 0 Å². The fourth-order valence-corrected chi connectivity index (χ4v) is 3.86. The molecular formula is C15H22N4OS2. The van der Waals surface area contributed by atoms with Crippen LogP contribution in [-0.4, -0.2) is 59.1 Å². The van der Waals surface area contributed by atoms with Gasteiger partial charge in [0, 0.05) is 23.6 Å². The maximum atomic E-state index is 5.16. The summed E-state index contributed by atoms with van der Waals surface area (Å²) in [5, 5.41) is 8.42.